The average molecular weight is 190 g/mol. The van der Waals surface area contributed by atoms with Gasteiger partial charge in [-0.2, -0.15) is 0 Å². The van der Waals surface area contributed by atoms with Crippen LogP contribution in [0.4, 0.5) is 5.69 Å². The first-order chi connectivity index (χ1) is 6.81. The molecule has 0 aromatic carbocycles. The van der Waals surface area contributed by atoms with Gasteiger partial charge < -0.3 is 10.0 Å². The summed E-state index contributed by atoms with van der Waals surface area (Å²) in [5, 5.41) is 9.18. The smallest absolute Gasteiger partial charge is 0.0717 e. The Balaban J connectivity index is 2.34. The van der Waals surface area contributed by atoms with E-state index in [0.717, 1.165) is 30.0 Å². The second kappa shape index (κ2) is 3.80. The lowest BCUT2D eigenvalue weighted by molar-refractivity contribution is 0.281. The molecule has 2 rings (SSSR count). The summed E-state index contributed by atoms with van der Waals surface area (Å²) in [7, 11) is 0. The van der Waals surface area contributed by atoms with Gasteiger partial charge in [0.05, 0.1) is 6.61 Å². The number of hydrogen-bond donors (Lipinski definition) is 1. The summed E-state index contributed by atoms with van der Waals surface area (Å²) in [5.74, 6) is 0. The Morgan fingerprint density at radius 2 is 2.14 bits per heavy atom. The third-order valence-electron chi connectivity index (χ3n) is 2.43. The highest BCUT2D eigenvalue weighted by Crippen LogP contribution is 2.22. The molecule has 3 nitrogen and oxygen atoms in total. The number of aliphatic hydroxyl groups is 1. The van der Waals surface area contributed by atoms with Crippen LogP contribution in [0.2, 0.25) is 0 Å². The van der Waals surface area contributed by atoms with E-state index in [1.54, 1.807) is 6.20 Å². The zero-order chi connectivity index (χ0) is 9.97. The molecule has 2 heterocycles. The van der Waals surface area contributed by atoms with Gasteiger partial charge in [-0.25, -0.2) is 0 Å². The number of rotatable bonds is 2. The van der Waals surface area contributed by atoms with Gasteiger partial charge in [-0.15, -0.1) is 0 Å². The van der Waals surface area contributed by atoms with Crippen LogP contribution in [0.25, 0.3) is 0 Å². The first kappa shape index (κ1) is 9.21. The second-order valence-electron chi connectivity index (χ2n) is 3.49. The summed E-state index contributed by atoms with van der Waals surface area (Å²) in [6.07, 6.45) is 6.02. The lowest BCUT2D eigenvalue weighted by Crippen LogP contribution is -2.20. The van der Waals surface area contributed by atoms with E-state index in [1.807, 2.05) is 13.0 Å². The molecule has 14 heavy (non-hydrogen) atoms. The largest absolute Gasteiger partial charge is 0.392 e. The third kappa shape index (κ3) is 1.63. The van der Waals surface area contributed by atoms with Crippen molar-refractivity contribution in [3.8, 4) is 0 Å². The van der Waals surface area contributed by atoms with Gasteiger partial charge >= 0.3 is 0 Å². The molecule has 1 aromatic rings. The zero-order valence-corrected chi connectivity index (χ0v) is 8.27. The Bertz CT molecular complexity index is 352. The Morgan fingerprint density at radius 3 is 2.79 bits per heavy atom. The fraction of sp³-hybridized carbons (Fsp3) is 0.364. The van der Waals surface area contributed by atoms with E-state index in [1.165, 1.54) is 0 Å². The molecule has 0 radical (unpaired) electrons. The maximum absolute atomic E-state index is 9.18. The van der Waals surface area contributed by atoms with Gasteiger partial charge in [0.2, 0.25) is 0 Å². The minimum atomic E-state index is 0.0547. The SMILES string of the molecule is Cc1cc(N2CC=CC2)c(CO)cn1. The van der Waals surface area contributed by atoms with Crippen LogP contribution in [0, 0.1) is 6.92 Å². The average Bonchev–Trinajstić information content (AvgIpc) is 2.70. The second-order valence-corrected chi connectivity index (χ2v) is 3.49. The van der Waals surface area contributed by atoms with E-state index in [0.29, 0.717) is 0 Å². The van der Waals surface area contributed by atoms with E-state index in [9.17, 15) is 5.11 Å². The van der Waals surface area contributed by atoms with Crippen molar-refractivity contribution >= 4 is 5.69 Å². The van der Waals surface area contributed by atoms with Crippen LogP contribution >= 0.6 is 0 Å². The summed E-state index contributed by atoms with van der Waals surface area (Å²) in [5.41, 5.74) is 2.99. The summed E-state index contributed by atoms with van der Waals surface area (Å²) in [6.45, 7) is 3.88. The lowest BCUT2D eigenvalue weighted by Gasteiger charge is -2.20. The molecule has 74 valence electrons. The summed E-state index contributed by atoms with van der Waals surface area (Å²) >= 11 is 0. The van der Waals surface area contributed by atoms with Crippen LogP contribution in [0.15, 0.2) is 24.4 Å². The number of nitrogens with zero attached hydrogens (tertiary/aromatic N) is 2. The van der Waals surface area contributed by atoms with Crippen molar-refractivity contribution in [3.63, 3.8) is 0 Å². The van der Waals surface area contributed by atoms with Crippen LogP contribution in [-0.4, -0.2) is 23.2 Å². The number of pyridine rings is 1. The zero-order valence-electron chi connectivity index (χ0n) is 8.27. The topological polar surface area (TPSA) is 36.4 Å². The maximum Gasteiger partial charge on any atom is 0.0717 e. The van der Waals surface area contributed by atoms with Crippen molar-refractivity contribution in [1.29, 1.82) is 0 Å². The quantitative estimate of drug-likeness (QED) is 0.713. The highest BCUT2D eigenvalue weighted by Gasteiger charge is 2.12. The number of anilines is 1. The molecule has 0 saturated carbocycles. The van der Waals surface area contributed by atoms with E-state index < -0.39 is 0 Å². The van der Waals surface area contributed by atoms with Crippen LogP contribution in [-0.2, 0) is 6.61 Å². The van der Waals surface area contributed by atoms with Gasteiger partial charge in [0.15, 0.2) is 0 Å². The van der Waals surface area contributed by atoms with Crippen molar-refractivity contribution in [2.75, 3.05) is 18.0 Å². The number of aryl methyl sites for hydroxylation is 1. The van der Waals surface area contributed by atoms with Crippen LogP contribution in [0.3, 0.4) is 0 Å². The third-order valence-corrected chi connectivity index (χ3v) is 2.43. The van der Waals surface area contributed by atoms with E-state index >= 15 is 0 Å². The van der Waals surface area contributed by atoms with Gasteiger partial charge in [0.1, 0.15) is 0 Å². The highest BCUT2D eigenvalue weighted by molar-refractivity contribution is 5.55. The first-order valence-corrected chi connectivity index (χ1v) is 4.77. The lowest BCUT2D eigenvalue weighted by atomic mass is 10.2. The fourth-order valence-electron chi connectivity index (χ4n) is 1.66. The van der Waals surface area contributed by atoms with Crippen molar-refractivity contribution in [1.82, 2.24) is 4.98 Å². The highest BCUT2D eigenvalue weighted by atomic mass is 16.3. The van der Waals surface area contributed by atoms with Gasteiger partial charge in [-0.1, -0.05) is 12.2 Å². The first-order valence-electron chi connectivity index (χ1n) is 4.77. The minimum absolute atomic E-state index is 0.0547. The molecular formula is C11H14N2O. The Labute approximate surface area is 83.7 Å². The predicted molar refractivity (Wildman–Crippen MR) is 56.2 cm³/mol. The van der Waals surface area contributed by atoms with Crippen molar-refractivity contribution in [2.24, 2.45) is 0 Å². The maximum atomic E-state index is 9.18. The number of aromatic nitrogens is 1. The van der Waals surface area contributed by atoms with E-state index in [-0.39, 0.29) is 6.61 Å². The Kier molecular flexibility index (Phi) is 2.50. The molecule has 1 aromatic heterocycles. The van der Waals surface area contributed by atoms with E-state index in [4.69, 9.17) is 0 Å². The van der Waals surface area contributed by atoms with E-state index in [2.05, 4.69) is 22.0 Å². The molecule has 1 aliphatic rings. The molecule has 0 aliphatic carbocycles. The molecule has 1 aliphatic heterocycles. The molecule has 0 atom stereocenters. The number of aliphatic hydroxyl groups excluding tert-OH is 1. The van der Waals surface area contributed by atoms with Gasteiger partial charge in [0, 0.05) is 36.2 Å². The van der Waals surface area contributed by atoms with Crippen LogP contribution < -0.4 is 4.90 Å². The van der Waals surface area contributed by atoms with Gasteiger partial charge in [0.25, 0.3) is 0 Å². The summed E-state index contributed by atoms with van der Waals surface area (Å²) < 4.78 is 0. The van der Waals surface area contributed by atoms with Gasteiger partial charge in [-0.05, 0) is 13.0 Å². The molecule has 0 amide bonds. The molecule has 0 unspecified atom stereocenters. The van der Waals surface area contributed by atoms with Crippen molar-refractivity contribution in [3.05, 3.63) is 35.7 Å². The van der Waals surface area contributed by atoms with Crippen LogP contribution in [0.5, 0.6) is 0 Å². The minimum Gasteiger partial charge on any atom is -0.392 e. The van der Waals surface area contributed by atoms with Crippen LogP contribution in [0.1, 0.15) is 11.3 Å². The standard InChI is InChI=1S/C11H14N2O/c1-9-6-11(10(8-14)7-12-9)13-4-2-3-5-13/h2-3,6-7,14H,4-5,8H2,1H3. The molecular weight excluding hydrogens is 176 g/mol. The normalized spacial score (nSPS) is 15.1. The molecule has 3 heteroatoms. The fourth-order valence-corrected chi connectivity index (χ4v) is 1.66. The number of hydrogen-bond acceptors (Lipinski definition) is 3. The molecule has 0 bridgehead atoms. The summed E-state index contributed by atoms with van der Waals surface area (Å²) in [6, 6.07) is 2.03. The Morgan fingerprint density at radius 1 is 1.43 bits per heavy atom. The molecule has 1 N–H and O–H groups in total. The molecule has 0 saturated heterocycles. The van der Waals surface area contributed by atoms with Gasteiger partial charge in [-0.3, -0.25) is 4.98 Å². The predicted octanol–water partition coefficient (Wildman–Crippen LogP) is 1.26. The monoisotopic (exact) mass is 190 g/mol. The molecule has 0 fully saturated rings. The summed E-state index contributed by atoms with van der Waals surface area (Å²) in [4.78, 5) is 6.40. The molecule has 0 spiro atoms. The van der Waals surface area contributed by atoms with Crippen molar-refractivity contribution in [2.45, 2.75) is 13.5 Å². The van der Waals surface area contributed by atoms with Crippen molar-refractivity contribution < 1.29 is 5.11 Å². The Hall–Kier alpha value is -1.35.